The Morgan fingerprint density at radius 2 is 1.97 bits per heavy atom. The van der Waals surface area contributed by atoms with Gasteiger partial charge in [-0.3, -0.25) is 9.88 Å². The molecule has 6 heteroatoms. The van der Waals surface area contributed by atoms with E-state index in [1.165, 1.54) is 19.3 Å². The van der Waals surface area contributed by atoms with E-state index in [1.807, 2.05) is 31.2 Å². The molecule has 1 saturated heterocycles. The lowest BCUT2D eigenvalue weighted by atomic mass is 10.0. The van der Waals surface area contributed by atoms with Crippen molar-refractivity contribution in [2.45, 2.75) is 45.2 Å². The Bertz CT molecular complexity index is 1000. The van der Waals surface area contributed by atoms with Crippen LogP contribution in [0.1, 0.15) is 48.8 Å². The van der Waals surface area contributed by atoms with Crippen LogP contribution in [0.4, 0.5) is 0 Å². The highest BCUT2D eigenvalue weighted by atomic mass is 16.7. The van der Waals surface area contributed by atoms with Gasteiger partial charge in [0.2, 0.25) is 6.79 Å². The first kappa shape index (κ1) is 18.2. The number of fused-ring (bicyclic) bond motifs is 1. The van der Waals surface area contributed by atoms with E-state index in [1.54, 1.807) is 0 Å². The number of pyridine rings is 1. The predicted octanol–water partition coefficient (Wildman–Crippen LogP) is 4.89. The second-order valence-corrected chi connectivity index (χ2v) is 7.79. The monoisotopic (exact) mass is 391 g/mol. The van der Waals surface area contributed by atoms with Crippen molar-refractivity contribution in [3.05, 3.63) is 59.5 Å². The first-order valence-corrected chi connectivity index (χ1v) is 10.3. The molecule has 1 fully saturated rings. The second kappa shape index (κ2) is 7.87. The second-order valence-electron chi connectivity index (χ2n) is 7.79. The first-order chi connectivity index (χ1) is 14.3. The zero-order valence-electron chi connectivity index (χ0n) is 16.6. The average Bonchev–Trinajstić information content (AvgIpc) is 3.34. The standard InChI is InChI=1S/C23H25N3O3/c1-16-6-5-7-18(24-16)14-26-11-4-2-3-8-20(26)19-13-22(29-25-19)17-9-10-21-23(12-17)28-15-27-21/h5-7,9-10,12-13,20H,2-4,8,11,14-15H2,1H3/t20-/m0/s1. The summed E-state index contributed by atoms with van der Waals surface area (Å²) < 4.78 is 16.6. The summed E-state index contributed by atoms with van der Waals surface area (Å²) in [5, 5.41) is 4.45. The van der Waals surface area contributed by atoms with Gasteiger partial charge < -0.3 is 14.0 Å². The van der Waals surface area contributed by atoms with Crippen molar-refractivity contribution in [1.82, 2.24) is 15.0 Å². The van der Waals surface area contributed by atoms with Crippen LogP contribution in [-0.4, -0.2) is 28.4 Å². The highest BCUT2D eigenvalue weighted by molar-refractivity contribution is 5.63. The van der Waals surface area contributed by atoms with Crippen LogP contribution in [-0.2, 0) is 6.54 Å². The van der Waals surface area contributed by atoms with E-state index in [-0.39, 0.29) is 12.8 Å². The SMILES string of the molecule is Cc1cccc(CN2CCCCC[C@H]2c2cc(-c3ccc4c(c3)OCO4)on2)n1. The summed E-state index contributed by atoms with van der Waals surface area (Å²) in [4.78, 5) is 7.20. The first-order valence-electron chi connectivity index (χ1n) is 10.3. The van der Waals surface area contributed by atoms with Crippen molar-refractivity contribution in [1.29, 1.82) is 0 Å². The molecule has 2 aromatic heterocycles. The number of nitrogens with zero attached hydrogens (tertiary/aromatic N) is 3. The Balaban J connectivity index is 1.40. The lowest BCUT2D eigenvalue weighted by molar-refractivity contribution is 0.174. The molecule has 1 aromatic carbocycles. The van der Waals surface area contributed by atoms with Gasteiger partial charge in [0, 0.05) is 23.9 Å². The molecule has 1 atom stereocenters. The quantitative estimate of drug-likeness (QED) is 0.631. The topological polar surface area (TPSA) is 60.6 Å². The summed E-state index contributed by atoms with van der Waals surface area (Å²) in [7, 11) is 0. The van der Waals surface area contributed by atoms with E-state index in [0.29, 0.717) is 0 Å². The Morgan fingerprint density at radius 3 is 2.90 bits per heavy atom. The fraction of sp³-hybridized carbons (Fsp3) is 0.391. The summed E-state index contributed by atoms with van der Waals surface area (Å²) in [6.07, 6.45) is 4.74. The van der Waals surface area contributed by atoms with E-state index in [4.69, 9.17) is 19.0 Å². The Kier molecular flexibility index (Phi) is 4.94. The smallest absolute Gasteiger partial charge is 0.231 e. The van der Waals surface area contributed by atoms with Crippen molar-refractivity contribution < 1.29 is 14.0 Å². The van der Waals surface area contributed by atoms with Crippen molar-refractivity contribution in [2.75, 3.05) is 13.3 Å². The number of aryl methyl sites for hydroxylation is 1. The molecule has 29 heavy (non-hydrogen) atoms. The molecule has 0 radical (unpaired) electrons. The van der Waals surface area contributed by atoms with Crippen LogP contribution in [0, 0.1) is 6.92 Å². The average molecular weight is 391 g/mol. The lowest BCUT2D eigenvalue weighted by Crippen LogP contribution is -2.28. The number of aromatic nitrogens is 2. The zero-order valence-corrected chi connectivity index (χ0v) is 16.6. The van der Waals surface area contributed by atoms with Crippen LogP contribution in [0.5, 0.6) is 11.5 Å². The van der Waals surface area contributed by atoms with Crippen LogP contribution in [0.25, 0.3) is 11.3 Å². The molecule has 5 rings (SSSR count). The number of hydrogen-bond donors (Lipinski definition) is 0. The molecule has 2 aliphatic heterocycles. The molecule has 0 spiro atoms. The van der Waals surface area contributed by atoms with Crippen LogP contribution in [0.3, 0.4) is 0 Å². The maximum absolute atomic E-state index is 5.73. The van der Waals surface area contributed by atoms with Gasteiger partial charge in [-0.1, -0.05) is 24.1 Å². The minimum Gasteiger partial charge on any atom is -0.454 e. The third kappa shape index (κ3) is 3.85. The number of hydrogen-bond acceptors (Lipinski definition) is 6. The largest absolute Gasteiger partial charge is 0.454 e. The summed E-state index contributed by atoms with van der Waals surface area (Å²) in [5.41, 5.74) is 4.11. The molecule has 0 bridgehead atoms. The molecule has 2 aliphatic rings. The van der Waals surface area contributed by atoms with Gasteiger partial charge >= 0.3 is 0 Å². The van der Waals surface area contributed by atoms with Gasteiger partial charge in [0.25, 0.3) is 0 Å². The fourth-order valence-corrected chi connectivity index (χ4v) is 4.22. The van der Waals surface area contributed by atoms with E-state index < -0.39 is 0 Å². The zero-order chi connectivity index (χ0) is 19.6. The predicted molar refractivity (Wildman–Crippen MR) is 109 cm³/mol. The molecule has 3 aromatic rings. The van der Waals surface area contributed by atoms with E-state index in [2.05, 4.69) is 28.3 Å². The molecular weight excluding hydrogens is 366 g/mol. The number of benzene rings is 1. The summed E-state index contributed by atoms with van der Waals surface area (Å²) in [6, 6.07) is 14.4. The minimum absolute atomic E-state index is 0.242. The maximum atomic E-state index is 5.73. The Morgan fingerprint density at radius 1 is 1.03 bits per heavy atom. The van der Waals surface area contributed by atoms with Crippen molar-refractivity contribution in [3.63, 3.8) is 0 Å². The van der Waals surface area contributed by atoms with Crippen molar-refractivity contribution in [2.24, 2.45) is 0 Å². The van der Waals surface area contributed by atoms with Gasteiger partial charge in [-0.25, -0.2) is 0 Å². The third-order valence-corrected chi connectivity index (χ3v) is 5.70. The molecule has 6 nitrogen and oxygen atoms in total. The van der Waals surface area contributed by atoms with Gasteiger partial charge in [0.05, 0.1) is 11.7 Å². The number of rotatable bonds is 4. The molecule has 4 heterocycles. The molecule has 0 amide bonds. The van der Waals surface area contributed by atoms with Crippen LogP contribution < -0.4 is 9.47 Å². The minimum atomic E-state index is 0.242. The molecule has 0 N–H and O–H groups in total. The van der Waals surface area contributed by atoms with Crippen LogP contribution >= 0.6 is 0 Å². The van der Waals surface area contributed by atoms with Gasteiger partial charge in [-0.2, -0.15) is 0 Å². The van der Waals surface area contributed by atoms with Crippen molar-refractivity contribution >= 4 is 0 Å². The van der Waals surface area contributed by atoms with Crippen molar-refractivity contribution in [3.8, 4) is 22.8 Å². The molecular formula is C23H25N3O3. The van der Waals surface area contributed by atoms with Crippen LogP contribution in [0.15, 0.2) is 47.0 Å². The van der Waals surface area contributed by atoms with E-state index in [9.17, 15) is 0 Å². The highest BCUT2D eigenvalue weighted by Gasteiger charge is 2.26. The molecule has 0 aliphatic carbocycles. The Hall–Kier alpha value is -2.86. The third-order valence-electron chi connectivity index (χ3n) is 5.70. The molecule has 0 saturated carbocycles. The van der Waals surface area contributed by atoms with Crippen LogP contribution in [0.2, 0.25) is 0 Å². The fourth-order valence-electron chi connectivity index (χ4n) is 4.22. The van der Waals surface area contributed by atoms with Gasteiger partial charge in [0.15, 0.2) is 17.3 Å². The molecule has 150 valence electrons. The van der Waals surface area contributed by atoms with Gasteiger partial charge in [-0.05, 0) is 56.6 Å². The summed E-state index contributed by atoms with van der Waals surface area (Å²) in [6.45, 7) is 4.19. The molecule has 0 unspecified atom stereocenters. The number of likely N-dealkylation sites (tertiary alicyclic amines) is 1. The maximum Gasteiger partial charge on any atom is 0.231 e. The number of ether oxygens (including phenoxy) is 2. The lowest BCUT2D eigenvalue weighted by Gasteiger charge is -2.28. The van der Waals surface area contributed by atoms with Gasteiger partial charge in [-0.15, -0.1) is 0 Å². The van der Waals surface area contributed by atoms with E-state index in [0.717, 1.165) is 59.4 Å². The summed E-state index contributed by atoms with van der Waals surface area (Å²) >= 11 is 0. The normalized spacial score (nSPS) is 19.3. The highest BCUT2D eigenvalue weighted by Crippen LogP contribution is 2.37. The Labute approximate surface area is 170 Å². The van der Waals surface area contributed by atoms with E-state index >= 15 is 0 Å². The summed E-state index contributed by atoms with van der Waals surface area (Å²) in [5.74, 6) is 2.28. The van der Waals surface area contributed by atoms with Gasteiger partial charge in [0.1, 0.15) is 5.69 Å².